The molecule has 0 aromatic heterocycles. The first kappa shape index (κ1) is 14.6. The lowest BCUT2D eigenvalue weighted by atomic mass is 9.85. The Morgan fingerprint density at radius 1 is 1.32 bits per heavy atom. The largest absolute Gasteiger partial charge is 0.481 e. The number of aliphatic carboxylic acids is 1. The van der Waals surface area contributed by atoms with Gasteiger partial charge in [-0.2, -0.15) is 0 Å². The minimum atomic E-state index is -0.716. The lowest BCUT2D eigenvalue weighted by molar-refractivity contribution is -0.146. The molecule has 1 aromatic rings. The van der Waals surface area contributed by atoms with Gasteiger partial charge in [-0.3, -0.25) is 9.69 Å². The van der Waals surface area contributed by atoms with Gasteiger partial charge < -0.3 is 5.11 Å². The average Bonchev–Trinajstić information content (AvgIpc) is 2.30. The zero-order valence-electron chi connectivity index (χ0n) is 10.9. The van der Waals surface area contributed by atoms with Gasteiger partial charge in [0, 0.05) is 19.1 Å². The van der Waals surface area contributed by atoms with Gasteiger partial charge in [0.1, 0.15) is 0 Å². The molecule has 0 amide bonds. The first-order valence-corrected chi connectivity index (χ1v) is 7.07. The normalized spacial score (nSPS) is 19.8. The fourth-order valence-electron chi connectivity index (χ4n) is 2.37. The number of hydrogen-bond donors (Lipinski definition) is 1. The van der Waals surface area contributed by atoms with Crippen LogP contribution in [0.3, 0.4) is 0 Å². The van der Waals surface area contributed by atoms with Crippen molar-refractivity contribution in [2.45, 2.75) is 19.9 Å². The second-order valence-electron chi connectivity index (χ2n) is 5.19. The molecule has 2 rings (SSSR count). The summed E-state index contributed by atoms with van der Waals surface area (Å²) in [4.78, 5) is 13.2. The van der Waals surface area contributed by atoms with E-state index in [9.17, 15) is 4.79 Å². The monoisotopic (exact) mass is 301 g/mol. The average molecular weight is 302 g/mol. The van der Waals surface area contributed by atoms with Gasteiger partial charge in [-0.25, -0.2) is 0 Å². The standard InChI is InChI=1S/C14H17Cl2NO2/c1-8(14(18)19)11-6-17(7-11)9(2)10-3-4-12(15)13(16)5-10/h3-5,8-9,11H,6-7H2,1-2H3,(H,18,19). The van der Waals surface area contributed by atoms with Crippen molar-refractivity contribution >= 4 is 29.2 Å². The molecule has 0 radical (unpaired) electrons. The van der Waals surface area contributed by atoms with Gasteiger partial charge in [0.25, 0.3) is 0 Å². The SMILES string of the molecule is CC(C(=O)O)C1CN(C(C)c2ccc(Cl)c(Cl)c2)C1. The molecule has 104 valence electrons. The number of halogens is 2. The quantitative estimate of drug-likeness (QED) is 0.922. The third-order valence-corrected chi connectivity index (χ3v) is 4.75. The lowest BCUT2D eigenvalue weighted by Gasteiger charge is -2.45. The first-order valence-electron chi connectivity index (χ1n) is 6.32. The summed E-state index contributed by atoms with van der Waals surface area (Å²) in [5, 5.41) is 10.1. The number of hydrogen-bond acceptors (Lipinski definition) is 2. The smallest absolute Gasteiger partial charge is 0.306 e. The molecule has 5 heteroatoms. The highest BCUT2D eigenvalue weighted by atomic mass is 35.5. The van der Waals surface area contributed by atoms with Crippen molar-refractivity contribution in [1.82, 2.24) is 4.90 Å². The van der Waals surface area contributed by atoms with Crippen LogP contribution in [0.4, 0.5) is 0 Å². The van der Waals surface area contributed by atoms with Gasteiger partial charge >= 0.3 is 5.97 Å². The number of carbonyl (C=O) groups is 1. The van der Waals surface area contributed by atoms with Crippen molar-refractivity contribution in [2.75, 3.05) is 13.1 Å². The van der Waals surface area contributed by atoms with E-state index in [2.05, 4.69) is 11.8 Å². The Bertz CT molecular complexity index is 486. The molecule has 1 heterocycles. The molecule has 1 aromatic carbocycles. The summed E-state index contributed by atoms with van der Waals surface area (Å²) >= 11 is 11.9. The summed E-state index contributed by atoms with van der Waals surface area (Å²) in [6.07, 6.45) is 0. The van der Waals surface area contributed by atoms with Crippen molar-refractivity contribution in [1.29, 1.82) is 0 Å². The Morgan fingerprint density at radius 2 is 1.95 bits per heavy atom. The van der Waals surface area contributed by atoms with Crippen LogP contribution in [0.15, 0.2) is 18.2 Å². The molecular weight excluding hydrogens is 285 g/mol. The fourth-order valence-corrected chi connectivity index (χ4v) is 2.67. The van der Waals surface area contributed by atoms with Crippen molar-refractivity contribution < 1.29 is 9.90 Å². The molecule has 1 aliphatic heterocycles. The number of benzene rings is 1. The number of nitrogens with zero attached hydrogens (tertiary/aromatic N) is 1. The van der Waals surface area contributed by atoms with Crippen molar-refractivity contribution in [3.8, 4) is 0 Å². The highest BCUT2D eigenvalue weighted by Gasteiger charge is 2.37. The molecule has 0 aliphatic carbocycles. The molecule has 1 aliphatic rings. The maximum absolute atomic E-state index is 10.9. The van der Waals surface area contributed by atoms with Crippen LogP contribution < -0.4 is 0 Å². The van der Waals surface area contributed by atoms with Gasteiger partial charge in [-0.05, 0) is 30.5 Å². The predicted molar refractivity (Wildman–Crippen MR) is 76.7 cm³/mol. The van der Waals surface area contributed by atoms with E-state index in [1.54, 1.807) is 13.0 Å². The van der Waals surface area contributed by atoms with Crippen LogP contribution in [0.25, 0.3) is 0 Å². The molecular formula is C14H17Cl2NO2. The van der Waals surface area contributed by atoms with Gasteiger partial charge in [0.15, 0.2) is 0 Å². The second kappa shape index (κ2) is 5.70. The minimum Gasteiger partial charge on any atom is -0.481 e. The van der Waals surface area contributed by atoms with Crippen molar-refractivity contribution in [3.05, 3.63) is 33.8 Å². The molecule has 1 saturated heterocycles. The van der Waals surface area contributed by atoms with Crippen LogP contribution in [-0.2, 0) is 4.79 Å². The molecule has 0 bridgehead atoms. The maximum atomic E-state index is 10.9. The van der Waals surface area contributed by atoms with Crippen LogP contribution >= 0.6 is 23.2 Å². The Balaban J connectivity index is 1.97. The van der Waals surface area contributed by atoms with E-state index in [0.717, 1.165) is 18.7 Å². The van der Waals surface area contributed by atoms with Crippen LogP contribution in [0.5, 0.6) is 0 Å². The fraction of sp³-hybridized carbons (Fsp3) is 0.500. The molecule has 0 spiro atoms. The molecule has 0 saturated carbocycles. The molecule has 3 nitrogen and oxygen atoms in total. The Kier molecular flexibility index (Phi) is 4.39. The first-order chi connectivity index (χ1) is 8.90. The van der Waals surface area contributed by atoms with E-state index in [1.807, 2.05) is 12.1 Å². The molecule has 1 N–H and O–H groups in total. The van der Waals surface area contributed by atoms with Gasteiger partial charge in [-0.15, -0.1) is 0 Å². The lowest BCUT2D eigenvalue weighted by Crippen LogP contribution is -2.51. The van der Waals surface area contributed by atoms with E-state index in [4.69, 9.17) is 28.3 Å². The summed E-state index contributed by atoms with van der Waals surface area (Å²) in [5.74, 6) is -0.758. The summed E-state index contributed by atoms with van der Waals surface area (Å²) in [7, 11) is 0. The second-order valence-corrected chi connectivity index (χ2v) is 6.00. The third kappa shape index (κ3) is 3.04. The number of rotatable bonds is 4. The van der Waals surface area contributed by atoms with Gasteiger partial charge in [-0.1, -0.05) is 36.2 Å². The van der Waals surface area contributed by atoms with Crippen molar-refractivity contribution in [2.24, 2.45) is 11.8 Å². The van der Waals surface area contributed by atoms with E-state index in [-0.39, 0.29) is 17.9 Å². The topological polar surface area (TPSA) is 40.5 Å². The summed E-state index contributed by atoms with van der Waals surface area (Å²) in [6.45, 7) is 5.50. The molecule has 1 fully saturated rings. The van der Waals surface area contributed by atoms with Crippen molar-refractivity contribution in [3.63, 3.8) is 0 Å². The highest BCUT2D eigenvalue weighted by Crippen LogP contribution is 2.34. The molecule has 2 atom stereocenters. The van der Waals surface area contributed by atoms with Crippen LogP contribution in [0, 0.1) is 11.8 Å². The van der Waals surface area contributed by atoms with E-state index in [1.165, 1.54) is 0 Å². The van der Waals surface area contributed by atoms with E-state index >= 15 is 0 Å². The van der Waals surface area contributed by atoms with E-state index in [0.29, 0.717) is 10.0 Å². The molecule has 19 heavy (non-hydrogen) atoms. The highest BCUT2D eigenvalue weighted by molar-refractivity contribution is 6.42. The number of carboxylic acid groups (broad SMARTS) is 1. The van der Waals surface area contributed by atoms with Gasteiger partial charge in [0.05, 0.1) is 16.0 Å². The van der Waals surface area contributed by atoms with Crippen LogP contribution in [0.1, 0.15) is 25.5 Å². The van der Waals surface area contributed by atoms with Crippen LogP contribution in [0.2, 0.25) is 10.0 Å². The summed E-state index contributed by atoms with van der Waals surface area (Å²) < 4.78 is 0. The third-order valence-electron chi connectivity index (χ3n) is 4.01. The minimum absolute atomic E-state index is 0.229. The van der Waals surface area contributed by atoms with Crippen LogP contribution in [-0.4, -0.2) is 29.1 Å². The number of likely N-dealkylation sites (tertiary alicyclic amines) is 1. The zero-order chi connectivity index (χ0) is 14.2. The van der Waals surface area contributed by atoms with Gasteiger partial charge in [0.2, 0.25) is 0 Å². The Labute approximate surface area is 123 Å². The Morgan fingerprint density at radius 3 is 2.47 bits per heavy atom. The predicted octanol–water partition coefficient (Wildman–Crippen LogP) is 3.71. The molecule has 2 unspecified atom stereocenters. The summed E-state index contributed by atoms with van der Waals surface area (Å²) in [6, 6.07) is 5.87. The zero-order valence-corrected chi connectivity index (χ0v) is 12.4. The summed E-state index contributed by atoms with van der Waals surface area (Å²) in [5.41, 5.74) is 1.11. The maximum Gasteiger partial charge on any atom is 0.306 e. The number of carboxylic acids is 1. The Hall–Kier alpha value is -0.770. The van der Waals surface area contributed by atoms with E-state index < -0.39 is 5.97 Å².